The number of carbonyl (C=O) groups is 6. The minimum Gasteiger partial charge on any atom is -0.461 e. The number of aryl methyl sites for hydroxylation is 2. The topological polar surface area (TPSA) is 219 Å². The molecule has 0 aliphatic heterocycles. The maximum atomic E-state index is 12.8. The van der Waals surface area contributed by atoms with Gasteiger partial charge in [-0.05, 0) is 64.2 Å². The molecule has 0 saturated carbocycles. The summed E-state index contributed by atoms with van der Waals surface area (Å²) in [5.41, 5.74) is -0.385. The van der Waals surface area contributed by atoms with E-state index in [1.807, 2.05) is 27.7 Å². The Morgan fingerprint density at radius 3 is 1.07 bits per heavy atom. The van der Waals surface area contributed by atoms with Crippen molar-refractivity contribution in [3.05, 3.63) is 22.8 Å². The smallest absolute Gasteiger partial charge is 0.384 e. The van der Waals surface area contributed by atoms with E-state index in [4.69, 9.17) is 28.4 Å². The van der Waals surface area contributed by atoms with E-state index in [1.54, 1.807) is 0 Å². The Kier molecular flexibility index (Phi) is 25.1. The molecule has 0 atom stereocenters. The molecule has 18 heteroatoms. The first-order valence-corrected chi connectivity index (χ1v) is 20.6. The van der Waals surface area contributed by atoms with E-state index in [2.05, 4.69) is 32.5 Å². The molecule has 2 aromatic rings. The van der Waals surface area contributed by atoms with Gasteiger partial charge in [0, 0.05) is 24.9 Å². The molecular formula is C40H60N6O12. The number of aromatic nitrogens is 6. The van der Waals surface area contributed by atoms with Crippen molar-refractivity contribution < 1.29 is 57.2 Å². The number of esters is 6. The van der Waals surface area contributed by atoms with E-state index in [9.17, 15) is 28.8 Å². The van der Waals surface area contributed by atoms with Crippen LogP contribution in [0.5, 0.6) is 0 Å². The third kappa shape index (κ3) is 18.7. The predicted octanol–water partition coefficient (Wildman–Crippen LogP) is 5.61. The van der Waals surface area contributed by atoms with Crippen LogP contribution in [0, 0.1) is 11.8 Å². The molecular weight excluding hydrogens is 756 g/mol. The summed E-state index contributed by atoms with van der Waals surface area (Å²) in [5.74, 6) is -0.211. The fourth-order valence-electron chi connectivity index (χ4n) is 5.07. The van der Waals surface area contributed by atoms with Gasteiger partial charge < -0.3 is 28.4 Å². The molecule has 0 fully saturated rings. The third-order valence-electron chi connectivity index (χ3n) is 8.43. The van der Waals surface area contributed by atoms with Gasteiger partial charge >= 0.3 is 35.8 Å². The van der Waals surface area contributed by atoms with Gasteiger partial charge in [0.2, 0.25) is 11.4 Å². The van der Waals surface area contributed by atoms with E-state index in [0.717, 1.165) is 25.7 Å². The van der Waals surface area contributed by atoms with Gasteiger partial charge in [0.25, 0.3) is 0 Å². The fraction of sp³-hybridized carbons (Fsp3) is 0.700. The molecule has 2 aromatic heterocycles. The lowest BCUT2D eigenvalue weighted by atomic mass is 10.2. The highest BCUT2D eigenvalue weighted by molar-refractivity contribution is 6.01. The summed E-state index contributed by atoms with van der Waals surface area (Å²) in [7, 11) is 0. The maximum Gasteiger partial charge on any atom is 0.384 e. The Morgan fingerprint density at radius 1 is 0.414 bits per heavy atom. The Morgan fingerprint density at radius 2 is 0.724 bits per heavy atom. The first-order valence-electron chi connectivity index (χ1n) is 20.6. The summed E-state index contributed by atoms with van der Waals surface area (Å²) in [4.78, 5) is 74.6. The van der Waals surface area contributed by atoms with Crippen molar-refractivity contribution in [3.8, 4) is 11.8 Å². The third-order valence-corrected chi connectivity index (χ3v) is 8.43. The first kappa shape index (κ1) is 48.8. The van der Waals surface area contributed by atoms with Gasteiger partial charge in [-0.3, -0.25) is 0 Å². The summed E-state index contributed by atoms with van der Waals surface area (Å²) in [6.45, 7) is 9.61. The number of rotatable bonds is 30. The SMILES string of the molecule is CCCCOC(=O)c1nnn(CCCCCCOC(=O)C#CC(=O)OCCCCCCn2nnc(C(=O)OCCCC)c2C(=O)OCCCC)c1C(=O)OCCCC. The summed E-state index contributed by atoms with van der Waals surface area (Å²) in [6, 6.07) is 0. The molecule has 0 aromatic carbocycles. The van der Waals surface area contributed by atoms with Gasteiger partial charge in [-0.15, -0.1) is 10.2 Å². The van der Waals surface area contributed by atoms with Gasteiger partial charge in [0.1, 0.15) is 0 Å². The molecule has 0 saturated heterocycles. The van der Waals surface area contributed by atoms with E-state index < -0.39 is 35.8 Å². The van der Waals surface area contributed by atoms with Crippen molar-refractivity contribution >= 4 is 35.8 Å². The molecule has 58 heavy (non-hydrogen) atoms. The quantitative estimate of drug-likeness (QED) is 0.0308. The molecule has 18 nitrogen and oxygen atoms in total. The largest absolute Gasteiger partial charge is 0.461 e. The summed E-state index contributed by atoms with van der Waals surface area (Å²) in [6.07, 6.45) is 11.2. The van der Waals surface area contributed by atoms with Crippen molar-refractivity contribution in [1.82, 2.24) is 30.0 Å². The highest BCUT2D eigenvalue weighted by Crippen LogP contribution is 2.14. The lowest BCUT2D eigenvalue weighted by Crippen LogP contribution is -2.19. The molecule has 0 N–H and O–H groups in total. The minimum absolute atomic E-state index is 0.0285. The molecule has 2 rings (SSSR count). The zero-order chi connectivity index (χ0) is 42.4. The zero-order valence-electron chi connectivity index (χ0n) is 34.6. The van der Waals surface area contributed by atoms with Crippen LogP contribution in [0.2, 0.25) is 0 Å². The van der Waals surface area contributed by atoms with Crippen LogP contribution in [0.1, 0.15) is 172 Å². The highest BCUT2D eigenvalue weighted by atomic mass is 16.6. The zero-order valence-corrected chi connectivity index (χ0v) is 34.6. The summed E-state index contributed by atoms with van der Waals surface area (Å²) < 4.78 is 34.0. The lowest BCUT2D eigenvalue weighted by molar-refractivity contribution is -0.138. The fourth-order valence-corrected chi connectivity index (χ4v) is 5.07. The maximum absolute atomic E-state index is 12.8. The number of nitrogens with zero attached hydrogens (tertiary/aromatic N) is 6. The molecule has 0 aliphatic carbocycles. The lowest BCUT2D eigenvalue weighted by Gasteiger charge is -2.08. The molecule has 0 radical (unpaired) electrons. The standard InChI is InChI=1S/C40H60N6O12/c1-5-9-25-55-37(49)33-35(39(51)57-27-11-7-3)45(43-41-33)23-17-13-15-19-29-53-31(47)21-22-32(48)54-30-20-16-14-18-24-46-36(40(52)58-28-12-8-4)34(42-44-46)38(50)56-26-10-6-2/h5-20,23-30H2,1-4H3. The van der Waals surface area contributed by atoms with E-state index >= 15 is 0 Å². The molecule has 0 bridgehead atoms. The van der Waals surface area contributed by atoms with E-state index in [1.165, 1.54) is 9.36 Å². The van der Waals surface area contributed by atoms with Crippen molar-refractivity contribution in [2.75, 3.05) is 39.6 Å². The summed E-state index contributed by atoms with van der Waals surface area (Å²) >= 11 is 0. The Bertz CT molecular complexity index is 1530. The average molecular weight is 817 g/mol. The molecule has 0 aliphatic rings. The van der Waals surface area contributed by atoms with Crippen LogP contribution in [0.15, 0.2) is 0 Å². The Hall–Kier alpha value is -5.34. The second-order valence-electron chi connectivity index (χ2n) is 13.3. The van der Waals surface area contributed by atoms with Crippen LogP contribution in [0.25, 0.3) is 0 Å². The Balaban J connectivity index is 1.67. The van der Waals surface area contributed by atoms with Crippen LogP contribution in [-0.2, 0) is 51.1 Å². The molecule has 2 heterocycles. The molecule has 0 unspecified atom stereocenters. The minimum atomic E-state index is -0.844. The van der Waals surface area contributed by atoms with Crippen LogP contribution in [0.3, 0.4) is 0 Å². The number of unbranched alkanes of at least 4 members (excludes halogenated alkanes) is 10. The molecule has 322 valence electrons. The Labute approximate surface area is 340 Å². The van der Waals surface area contributed by atoms with Gasteiger partial charge in [-0.25, -0.2) is 38.1 Å². The second kappa shape index (κ2) is 29.8. The molecule has 0 amide bonds. The second-order valence-corrected chi connectivity index (χ2v) is 13.3. The number of ether oxygens (including phenoxy) is 6. The monoisotopic (exact) mass is 816 g/mol. The van der Waals surface area contributed by atoms with Crippen molar-refractivity contribution in [1.29, 1.82) is 0 Å². The predicted molar refractivity (Wildman–Crippen MR) is 207 cm³/mol. The van der Waals surface area contributed by atoms with Crippen molar-refractivity contribution in [3.63, 3.8) is 0 Å². The van der Waals surface area contributed by atoms with Gasteiger partial charge in [0.05, 0.1) is 39.6 Å². The van der Waals surface area contributed by atoms with Crippen molar-refractivity contribution in [2.45, 2.75) is 144 Å². The van der Waals surface area contributed by atoms with Crippen LogP contribution < -0.4 is 0 Å². The van der Waals surface area contributed by atoms with Crippen molar-refractivity contribution in [2.24, 2.45) is 0 Å². The average Bonchev–Trinajstić information content (AvgIpc) is 3.84. The van der Waals surface area contributed by atoms with Crippen LogP contribution in [-0.4, -0.2) is 105 Å². The number of hydrogen-bond acceptors (Lipinski definition) is 16. The number of carbonyl (C=O) groups excluding carboxylic acids is 6. The highest BCUT2D eigenvalue weighted by Gasteiger charge is 2.29. The van der Waals surface area contributed by atoms with Gasteiger partial charge in [-0.1, -0.05) is 76.6 Å². The van der Waals surface area contributed by atoms with E-state index in [-0.39, 0.29) is 62.4 Å². The molecule has 0 spiro atoms. The first-order chi connectivity index (χ1) is 28.2. The van der Waals surface area contributed by atoms with Crippen LogP contribution in [0.4, 0.5) is 0 Å². The van der Waals surface area contributed by atoms with E-state index in [0.29, 0.717) is 90.1 Å². The summed E-state index contributed by atoms with van der Waals surface area (Å²) in [5, 5.41) is 15.8. The van der Waals surface area contributed by atoms with Gasteiger partial charge in [0.15, 0.2) is 11.4 Å². The van der Waals surface area contributed by atoms with Gasteiger partial charge in [-0.2, -0.15) is 0 Å². The van der Waals surface area contributed by atoms with Crippen LogP contribution >= 0.6 is 0 Å². The normalized spacial score (nSPS) is 10.6. The number of hydrogen-bond donors (Lipinski definition) is 0.